The van der Waals surface area contributed by atoms with Crippen LogP contribution in [0, 0.1) is 19.4 Å². The van der Waals surface area contributed by atoms with Gasteiger partial charge in [-0.1, -0.05) is 18.6 Å². The van der Waals surface area contributed by atoms with E-state index in [-0.39, 0.29) is 0 Å². The maximum Gasteiger partial charge on any atom is 0.409 e. The van der Waals surface area contributed by atoms with Crippen LogP contribution in [0.3, 0.4) is 0 Å². The predicted molar refractivity (Wildman–Crippen MR) is 95.6 cm³/mol. The lowest BCUT2D eigenvalue weighted by atomic mass is 10.2. The Kier molecular flexibility index (Phi) is 4.09. The fourth-order valence-electron chi connectivity index (χ4n) is 2.31. The lowest BCUT2D eigenvalue weighted by molar-refractivity contribution is -0.627. The second-order valence-corrected chi connectivity index (χ2v) is 6.28. The summed E-state index contributed by atoms with van der Waals surface area (Å²) in [4.78, 5) is 1.74. The number of azo groups is 1. The van der Waals surface area contributed by atoms with E-state index in [0.717, 1.165) is 27.6 Å². The molecule has 3 aromatic rings. The zero-order valence-electron chi connectivity index (χ0n) is 13.3. The number of hydrogen-bond acceptors (Lipinski definition) is 4. The summed E-state index contributed by atoms with van der Waals surface area (Å²) in [5, 5.41) is 9.69. The molecule has 0 bridgehead atoms. The Morgan fingerprint density at radius 1 is 1.17 bits per heavy atom. The largest absolute Gasteiger partial charge is 0.409 e. The van der Waals surface area contributed by atoms with Crippen molar-refractivity contribution in [3.05, 3.63) is 48.0 Å². The Balaban J connectivity index is 1.93. The molecule has 0 aliphatic rings. The van der Waals surface area contributed by atoms with Crippen molar-refractivity contribution in [1.82, 2.24) is 0 Å². The monoisotopic (exact) mass is 321 g/mol. The molecule has 0 fully saturated rings. The van der Waals surface area contributed by atoms with E-state index in [1.165, 1.54) is 4.70 Å². The molecule has 1 aromatic heterocycles. The Morgan fingerprint density at radius 3 is 2.65 bits per heavy atom. The van der Waals surface area contributed by atoms with Crippen molar-refractivity contribution in [2.45, 2.75) is 6.92 Å². The minimum Gasteiger partial charge on any atom is -0.305 e. The molecule has 0 aliphatic heterocycles. The molecule has 0 unspecified atom stereocenters. The van der Waals surface area contributed by atoms with Crippen molar-refractivity contribution in [3.63, 3.8) is 0 Å². The quantitative estimate of drug-likeness (QED) is 0.303. The summed E-state index contributed by atoms with van der Waals surface area (Å²) in [5.74, 6) is 0. The van der Waals surface area contributed by atoms with Crippen LogP contribution in [0.5, 0.6) is 0 Å². The van der Waals surface area contributed by atoms with Gasteiger partial charge in [-0.3, -0.25) is 0 Å². The second kappa shape index (κ2) is 6.19. The van der Waals surface area contributed by atoms with Gasteiger partial charge in [-0.05, 0) is 59.3 Å². The molecule has 3 rings (SSSR count). The molecular weight excluding hydrogens is 304 g/mol. The normalized spacial score (nSPS) is 11.0. The lowest BCUT2D eigenvalue weighted by Gasteiger charge is -2.11. The molecular formula is C18H17N4S+. The molecule has 0 atom stereocenters. The summed E-state index contributed by atoms with van der Waals surface area (Å²) < 4.78 is 3.26. The van der Waals surface area contributed by atoms with E-state index < -0.39 is 0 Å². The van der Waals surface area contributed by atoms with E-state index in [4.69, 9.17) is 6.42 Å². The number of fused-ring (bicyclic) bond motifs is 1. The van der Waals surface area contributed by atoms with Crippen molar-refractivity contribution >= 4 is 38.1 Å². The summed E-state index contributed by atoms with van der Waals surface area (Å²) in [6.07, 6.45) is 5.41. The van der Waals surface area contributed by atoms with Gasteiger partial charge in [-0.25, -0.2) is 4.57 Å². The molecule has 23 heavy (non-hydrogen) atoms. The van der Waals surface area contributed by atoms with E-state index in [9.17, 15) is 0 Å². The molecule has 0 aliphatic carbocycles. The molecule has 1 heterocycles. The molecule has 0 spiro atoms. The van der Waals surface area contributed by atoms with E-state index >= 15 is 0 Å². The van der Waals surface area contributed by atoms with Gasteiger partial charge in [0.15, 0.2) is 0 Å². The van der Waals surface area contributed by atoms with Gasteiger partial charge < -0.3 is 4.90 Å². The van der Waals surface area contributed by atoms with Gasteiger partial charge in [-0.2, -0.15) is 0 Å². The highest BCUT2D eigenvalue weighted by Gasteiger charge is 2.15. The molecule has 0 saturated heterocycles. The average molecular weight is 321 g/mol. The zero-order valence-corrected chi connectivity index (χ0v) is 14.1. The smallest absolute Gasteiger partial charge is 0.305 e. The van der Waals surface area contributed by atoms with Gasteiger partial charge in [0, 0.05) is 18.8 Å². The summed E-state index contributed by atoms with van der Waals surface area (Å²) in [7, 11) is 3.86. The molecule has 114 valence electrons. The van der Waals surface area contributed by atoms with Crippen LogP contribution in [-0.4, -0.2) is 7.05 Å². The van der Waals surface area contributed by atoms with Crippen LogP contribution in [0.2, 0.25) is 0 Å². The molecule has 5 heteroatoms. The highest BCUT2D eigenvalue weighted by atomic mass is 32.1. The van der Waals surface area contributed by atoms with Gasteiger partial charge in [0.1, 0.15) is 11.2 Å². The van der Waals surface area contributed by atoms with E-state index in [2.05, 4.69) is 33.0 Å². The third-order valence-electron chi connectivity index (χ3n) is 3.72. The third kappa shape index (κ3) is 2.94. The van der Waals surface area contributed by atoms with Crippen molar-refractivity contribution < 1.29 is 4.57 Å². The highest BCUT2D eigenvalue weighted by Crippen LogP contribution is 2.29. The Morgan fingerprint density at radius 2 is 1.96 bits per heavy atom. The summed E-state index contributed by atoms with van der Waals surface area (Å²) in [5.41, 5.74) is 4.01. The van der Waals surface area contributed by atoms with Crippen LogP contribution >= 0.6 is 11.3 Å². The molecule has 0 radical (unpaired) electrons. The van der Waals surface area contributed by atoms with E-state index in [1.807, 2.05) is 51.4 Å². The number of aryl methyl sites for hydroxylation is 2. The molecule has 2 aromatic carbocycles. The van der Waals surface area contributed by atoms with Crippen LogP contribution < -0.4 is 9.47 Å². The number of benzene rings is 2. The maximum atomic E-state index is 5.41. The predicted octanol–water partition coefficient (Wildman–Crippen LogP) is 4.48. The van der Waals surface area contributed by atoms with Gasteiger partial charge in [0.25, 0.3) is 0 Å². The lowest BCUT2D eigenvalue weighted by Crippen LogP contribution is -2.25. The first-order valence-electron chi connectivity index (χ1n) is 7.20. The number of aromatic nitrogens is 1. The van der Waals surface area contributed by atoms with Crippen molar-refractivity contribution in [2.24, 2.45) is 17.3 Å². The summed E-state index contributed by atoms with van der Waals surface area (Å²) in [6, 6.07) is 16.7. The van der Waals surface area contributed by atoms with Gasteiger partial charge in [-0.15, -0.1) is 0 Å². The number of anilines is 1. The van der Waals surface area contributed by atoms with Crippen LogP contribution in [-0.2, 0) is 7.05 Å². The molecule has 0 N–H and O–H groups in total. The van der Waals surface area contributed by atoms with Crippen molar-refractivity contribution in [1.29, 1.82) is 0 Å². The maximum absolute atomic E-state index is 5.41. The summed E-state index contributed by atoms with van der Waals surface area (Å²) >= 11 is 1.63. The topological polar surface area (TPSA) is 31.8 Å². The fraction of sp³-hybridized carbons (Fsp3) is 0.167. The van der Waals surface area contributed by atoms with Crippen LogP contribution in [0.25, 0.3) is 10.2 Å². The second-order valence-electron chi connectivity index (χ2n) is 5.27. The minimum absolute atomic E-state index is 0.844. The van der Waals surface area contributed by atoms with Gasteiger partial charge >= 0.3 is 5.13 Å². The number of para-hydroxylation sites is 1. The van der Waals surface area contributed by atoms with Crippen LogP contribution in [0.15, 0.2) is 52.7 Å². The standard InChI is InChI=1S/C18H17N4S/c1-5-21(3)14-10-11-15(13(2)12-14)19-20-18-22(4)16-8-6-7-9-17(16)23-18/h1,6-12H,2-4H3/q+1. The molecule has 4 nitrogen and oxygen atoms in total. The minimum atomic E-state index is 0.844. The average Bonchev–Trinajstić information content (AvgIpc) is 2.89. The Labute approximate surface area is 139 Å². The number of thiazole rings is 1. The van der Waals surface area contributed by atoms with E-state index in [0.29, 0.717) is 0 Å². The van der Waals surface area contributed by atoms with Gasteiger partial charge in [0.2, 0.25) is 0 Å². The number of hydrogen-bond donors (Lipinski definition) is 0. The van der Waals surface area contributed by atoms with E-state index in [1.54, 1.807) is 16.2 Å². The first kappa shape index (κ1) is 15.2. The summed E-state index contributed by atoms with van der Waals surface area (Å²) in [6.45, 7) is 2.01. The number of terminal acetylenes is 1. The van der Waals surface area contributed by atoms with Crippen molar-refractivity contribution in [3.8, 4) is 12.5 Å². The zero-order chi connectivity index (χ0) is 16.4. The third-order valence-corrected chi connectivity index (χ3v) is 4.82. The van der Waals surface area contributed by atoms with Crippen molar-refractivity contribution in [2.75, 3.05) is 11.9 Å². The number of rotatable bonds is 3. The van der Waals surface area contributed by atoms with Crippen LogP contribution in [0.1, 0.15) is 5.56 Å². The molecule has 0 amide bonds. The Hall–Kier alpha value is -2.71. The first-order chi connectivity index (χ1) is 11.1. The van der Waals surface area contributed by atoms with Crippen LogP contribution in [0.4, 0.5) is 16.5 Å². The fourth-order valence-corrected chi connectivity index (χ4v) is 3.28. The first-order valence-corrected chi connectivity index (χ1v) is 8.01. The number of nitrogens with zero attached hydrogens (tertiary/aromatic N) is 4. The molecule has 0 saturated carbocycles. The Bertz CT molecular complexity index is 934. The SMILES string of the molecule is C#CN(C)c1ccc(N=Nc2sc3ccccc3[n+]2C)c(C)c1. The highest BCUT2D eigenvalue weighted by molar-refractivity contribution is 7.21. The van der Waals surface area contributed by atoms with Gasteiger partial charge in [0.05, 0.1) is 16.9 Å².